The third kappa shape index (κ3) is 4.09. The van der Waals surface area contributed by atoms with Gasteiger partial charge in [-0.05, 0) is 58.1 Å². The molecule has 1 unspecified atom stereocenters. The molecule has 2 aromatic rings. The first-order valence-corrected chi connectivity index (χ1v) is 8.69. The summed E-state index contributed by atoms with van der Waals surface area (Å²) in [6.45, 7) is 6.17. The largest absolute Gasteiger partial charge is 0.344 e. The van der Waals surface area contributed by atoms with Crippen molar-refractivity contribution < 1.29 is 4.79 Å². The standard InChI is InChI=1S/C16H17BrClNOS/c1-9(2)14(11-4-6-12(18)7-5-11)19-16(20)13-8-10(3)15(17)21-13/h4-9,14H,1-3H3,(H,19,20). The first-order chi connectivity index (χ1) is 9.88. The molecule has 0 aliphatic carbocycles. The van der Waals surface area contributed by atoms with Crippen LogP contribution in [0.2, 0.25) is 5.02 Å². The molecule has 0 radical (unpaired) electrons. The molecule has 1 aromatic carbocycles. The third-order valence-corrected chi connectivity index (χ3v) is 5.65. The Morgan fingerprint density at radius 1 is 1.29 bits per heavy atom. The molecule has 1 amide bonds. The number of rotatable bonds is 4. The van der Waals surface area contributed by atoms with Gasteiger partial charge in [-0.2, -0.15) is 0 Å². The summed E-state index contributed by atoms with van der Waals surface area (Å²) in [4.78, 5) is 13.1. The molecule has 21 heavy (non-hydrogen) atoms. The summed E-state index contributed by atoms with van der Waals surface area (Å²) >= 11 is 10.8. The maximum absolute atomic E-state index is 12.4. The summed E-state index contributed by atoms with van der Waals surface area (Å²) in [5.74, 6) is 0.252. The quantitative estimate of drug-likeness (QED) is 0.728. The summed E-state index contributed by atoms with van der Waals surface area (Å²) in [6.07, 6.45) is 0. The normalized spacial score (nSPS) is 12.5. The lowest BCUT2D eigenvalue weighted by molar-refractivity contribution is 0.0929. The number of benzene rings is 1. The van der Waals surface area contributed by atoms with E-state index in [0.29, 0.717) is 10.9 Å². The van der Waals surface area contributed by atoms with Crippen LogP contribution in [0.3, 0.4) is 0 Å². The van der Waals surface area contributed by atoms with Crippen LogP contribution in [-0.4, -0.2) is 5.91 Å². The summed E-state index contributed by atoms with van der Waals surface area (Å²) in [5.41, 5.74) is 2.15. The highest BCUT2D eigenvalue weighted by Gasteiger charge is 2.20. The number of carbonyl (C=O) groups excluding carboxylic acids is 1. The van der Waals surface area contributed by atoms with Gasteiger partial charge in [0.15, 0.2) is 0 Å². The Morgan fingerprint density at radius 3 is 2.38 bits per heavy atom. The smallest absolute Gasteiger partial charge is 0.261 e. The van der Waals surface area contributed by atoms with Gasteiger partial charge in [0.05, 0.1) is 14.7 Å². The molecule has 1 N–H and O–H groups in total. The predicted molar refractivity (Wildman–Crippen MR) is 93.3 cm³/mol. The number of nitrogens with one attached hydrogen (secondary N) is 1. The van der Waals surface area contributed by atoms with Crippen molar-refractivity contribution in [3.63, 3.8) is 0 Å². The SMILES string of the molecule is Cc1cc(C(=O)NC(c2ccc(Cl)cc2)C(C)C)sc1Br. The van der Waals surface area contributed by atoms with Crippen molar-refractivity contribution in [3.8, 4) is 0 Å². The second kappa shape index (κ2) is 6.95. The zero-order chi connectivity index (χ0) is 15.6. The molecule has 0 aliphatic rings. The highest BCUT2D eigenvalue weighted by atomic mass is 79.9. The van der Waals surface area contributed by atoms with Crippen LogP contribution < -0.4 is 5.32 Å². The van der Waals surface area contributed by atoms with Crippen LogP contribution in [0.15, 0.2) is 34.1 Å². The molecule has 0 fully saturated rings. The van der Waals surface area contributed by atoms with E-state index < -0.39 is 0 Å². The minimum Gasteiger partial charge on any atom is -0.344 e. The number of carbonyl (C=O) groups is 1. The summed E-state index contributed by atoms with van der Waals surface area (Å²) in [6, 6.07) is 9.50. The monoisotopic (exact) mass is 385 g/mol. The molecule has 0 saturated carbocycles. The number of amides is 1. The lowest BCUT2D eigenvalue weighted by atomic mass is 9.96. The van der Waals surface area contributed by atoms with Gasteiger partial charge in [0.2, 0.25) is 0 Å². The van der Waals surface area contributed by atoms with Crippen molar-refractivity contribution in [3.05, 3.63) is 55.1 Å². The van der Waals surface area contributed by atoms with Gasteiger partial charge in [-0.1, -0.05) is 37.6 Å². The van der Waals surface area contributed by atoms with Gasteiger partial charge in [-0.15, -0.1) is 11.3 Å². The molecule has 1 aromatic heterocycles. The van der Waals surface area contributed by atoms with Gasteiger partial charge < -0.3 is 5.32 Å². The van der Waals surface area contributed by atoms with Gasteiger partial charge in [-0.3, -0.25) is 4.79 Å². The van der Waals surface area contributed by atoms with Gasteiger partial charge in [0.1, 0.15) is 0 Å². The number of hydrogen-bond acceptors (Lipinski definition) is 2. The van der Waals surface area contributed by atoms with Gasteiger partial charge in [0, 0.05) is 5.02 Å². The van der Waals surface area contributed by atoms with Crippen LogP contribution in [0.25, 0.3) is 0 Å². The molecule has 2 nitrogen and oxygen atoms in total. The van der Waals surface area contributed by atoms with E-state index in [4.69, 9.17) is 11.6 Å². The molecule has 1 heterocycles. The highest BCUT2D eigenvalue weighted by Crippen LogP contribution is 2.29. The van der Waals surface area contributed by atoms with Crippen LogP contribution in [-0.2, 0) is 0 Å². The average Bonchev–Trinajstić information content (AvgIpc) is 2.77. The molecule has 1 atom stereocenters. The van der Waals surface area contributed by atoms with E-state index in [1.807, 2.05) is 37.3 Å². The number of aryl methyl sites for hydroxylation is 1. The molecule has 0 aliphatic heterocycles. The van der Waals surface area contributed by atoms with Gasteiger partial charge >= 0.3 is 0 Å². The van der Waals surface area contributed by atoms with E-state index in [9.17, 15) is 4.79 Å². The molecular weight excluding hydrogens is 370 g/mol. The number of halogens is 2. The Hall–Kier alpha value is -0.840. The lowest BCUT2D eigenvalue weighted by Gasteiger charge is -2.22. The second-order valence-corrected chi connectivity index (χ2v) is 8.12. The fourth-order valence-electron chi connectivity index (χ4n) is 2.09. The van der Waals surface area contributed by atoms with Crippen LogP contribution in [0.1, 0.15) is 40.7 Å². The highest BCUT2D eigenvalue weighted by molar-refractivity contribution is 9.11. The lowest BCUT2D eigenvalue weighted by Crippen LogP contribution is -2.31. The minimum absolute atomic E-state index is 0.0315. The van der Waals surface area contributed by atoms with Crippen LogP contribution in [0.5, 0.6) is 0 Å². The molecule has 0 bridgehead atoms. The fourth-order valence-corrected chi connectivity index (χ4v) is 3.65. The van der Waals surface area contributed by atoms with Crippen molar-refractivity contribution in [2.75, 3.05) is 0 Å². The second-order valence-electron chi connectivity index (χ2n) is 5.31. The van der Waals surface area contributed by atoms with Crippen molar-refractivity contribution in [2.24, 2.45) is 5.92 Å². The van der Waals surface area contributed by atoms with Crippen molar-refractivity contribution >= 4 is 44.8 Å². The van der Waals surface area contributed by atoms with Gasteiger partial charge in [0.25, 0.3) is 5.91 Å². The maximum Gasteiger partial charge on any atom is 0.261 e. The minimum atomic E-state index is -0.0394. The van der Waals surface area contributed by atoms with Crippen molar-refractivity contribution in [2.45, 2.75) is 26.8 Å². The van der Waals surface area contributed by atoms with E-state index in [1.54, 1.807) is 0 Å². The zero-order valence-corrected chi connectivity index (χ0v) is 15.3. The first kappa shape index (κ1) is 16.5. The van der Waals surface area contributed by atoms with Crippen molar-refractivity contribution in [1.29, 1.82) is 0 Å². The Bertz CT molecular complexity index is 617. The fraction of sp³-hybridized carbons (Fsp3) is 0.312. The van der Waals surface area contributed by atoms with E-state index in [1.165, 1.54) is 11.3 Å². The predicted octanol–water partition coefficient (Wildman–Crippen LogP) is 5.60. The summed E-state index contributed by atoms with van der Waals surface area (Å²) in [5, 5.41) is 3.82. The Morgan fingerprint density at radius 2 is 1.90 bits per heavy atom. The van der Waals surface area contributed by atoms with E-state index >= 15 is 0 Å². The summed E-state index contributed by atoms with van der Waals surface area (Å²) < 4.78 is 1.00. The Balaban J connectivity index is 2.20. The molecule has 2 rings (SSSR count). The van der Waals surface area contributed by atoms with E-state index in [-0.39, 0.29) is 11.9 Å². The van der Waals surface area contributed by atoms with Crippen LogP contribution in [0.4, 0.5) is 0 Å². The van der Waals surface area contributed by atoms with E-state index in [0.717, 1.165) is 19.8 Å². The van der Waals surface area contributed by atoms with E-state index in [2.05, 4.69) is 35.1 Å². The molecule has 112 valence electrons. The zero-order valence-electron chi connectivity index (χ0n) is 12.1. The summed E-state index contributed by atoms with van der Waals surface area (Å²) in [7, 11) is 0. The maximum atomic E-state index is 12.4. The number of hydrogen-bond donors (Lipinski definition) is 1. The van der Waals surface area contributed by atoms with Crippen molar-refractivity contribution in [1.82, 2.24) is 5.32 Å². The molecule has 0 saturated heterocycles. The topological polar surface area (TPSA) is 29.1 Å². The van der Waals surface area contributed by atoms with Crippen LogP contribution >= 0.6 is 38.9 Å². The Labute approximate surface area is 142 Å². The van der Waals surface area contributed by atoms with Crippen LogP contribution in [0, 0.1) is 12.8 Å². The molecule has 5 heteroatoms. The average molecular weight is 387 g/mol. The molecule has 0 spiro atoms. The molecular formula is C16H17BrClNOS. The first-order valence-electron chi connectivity index (χ1n) is 6.70. The van der Waals surface area contributed by atoms with Gasteiger partial charge in [-0.25, -0.2) is 0 Å². The Kier molecular flexibility index (Phi) is 5.47. The number of thiophene rings is 1. The third-order valence-electron chi connectivity index (χ3n) is 3.26.